The minimum absolute atomic E-state index is 0.329. The second kappa shape index (κ2) is 5.46. The maximum atomic E-state index is 11.7. The molecule has 94 valence electrons. The Morgan fingerprint density at radius 3 is 3.00 bits per heavy atom. The number of halogens is 1. The van der Waals surface area contributed by atoms with Crippen LogP contribution in [0, 0.1) is 6.92 Å². The smallest absolute Gasteiger partial charge is 0.358 e. The highest BCUT2D eigenvalue weighted by molar-refractivity contribution is 7.15. The topological polar surface area (TPSA) is 52.1 Å². The lowest BCUT2D eigenvalue weighted by molar-refractivity contribution is 0.0519. The van der Waals surface area contributed by atoms with Crippen molar-refractivity contribution in [3.05, 3.63) is 33.9 Å². The Bertz CT molecular complexity index is 583. The maximum Gasteiger partial charge on any atom is 0.358 e. The van der Waals surface area contributed by atoms with Crippen molar-refractivity contribution in [3.8, 4) is 10.7 Å². The Kier molecular flexibility index (Phi) is 3.93. The Morgan fingerprint density at radius 1 is 1.56 bits per heavy atom. The van der Waals surface area contributed by atoms with Gasteiger partial charge >= 0.3 is 5.97 Å². The summed E-state index contributed by atoms with van der Waals surface area (Å²) in [6.45, 7) is 3.91. The van der Waals surface area contributed by atoms with Crippen molar-refractivity contribution in [2.24, 2.45) is 0 Å². The van der Waals surface area contributed by atoms with E-state index in [0.29, 0.717) is 28.0 Å². The summed E-state index contributed by atoms with van der Waals surface area (Å²) in [5.41, 5.74) is 0.918. The molecule has 2 rings (SSSR count). The van der Waals surface area contributed by atoms with Gasteiger partial charge in [0.2, 0.25) is 0 Å². The number of thiazole rings is 1. The first-order valence-corrected chi connectivity index (χ1v) is 6.58. The van der Waals surface area contributed by atoms with E-state index in [0.717, 1.165) is 4.88 Å². The van der Waals surface area contributed by atoms with Gasteiger partial charge in [-0.2, -0.15) is 0 Å². The van der Waals surface area contributed by atoms with Crippen LogP contribution in [-0.2, 0) is 4.74 Å². The summed E-state index contributed by atoms with van der Waals surface area (Å²) in [6.07, 6.45) is 1.64. The van der Waals surface area contributed by atoms with Crippen LogP contribution < -0.4 is 0 Å². The lowest BCUT2D eigenvalue weighted by atomic mass is 10.3. The second-order valence-corrected chi connectivity index (χ2v) is 5.09. The van der Waals surface area contributed by atoms with Gasteiger partial charge in [0.1, 0.15) is 10.7 Å². The number of esters is 1. The largest absolute Gasteiger partial charge is 0.461 e. The SMILES string of the molecule is CCOC(=O)c1nc(-c2ncccc2Cl)sc1C. The Morgan fingerprint density at radius 2 is 2.33 bits per heavy atom. The number of hydrogen-bond donors (Lipinski definition) is 0. The molecule has 0 aliphatic heterocycles. The normalized spacial score (nSPS) is 10.4. The number of rotatable bonds is 3. The van der Waals surface area contributed by atoms with Gasteiger partial charge in [-0.15, -0.1) is 11.3 Å². The Labute approximate surface area is 114 Å². The summed E-state index contributed by atoms with van der Waals surface area (Å²) in [7, 11) is 0. The zero-order chi connectivity index (χ0) is 13.1. The van der Waals surface area contributed by atoms with Crippen molar-refractivity contribution in [3.63, 3.8) is 0 Å². The molecule has 2 heterocycles. The standard InChI is InChI=1S/C12H11ClN2O2S/c1-3-17-12(16)9-7(2)18-11(15-9)10-8(13)5-4-6-14-10/h4-6H,3H2,1-2H3. The van der Waals surface area contributed by atoms with E-state index in [1.165, 1.54) is 11.3 Å². The molecule has 0 fully saturated rings. The van der Waals surface area contributed by atoms with Gasteiger partial charge in [-0.25, -0.2) is 9.78 Å². The van der Waals surface area contributed by atoms with Gasteiger partial charge in [0.05, 0.1) is 11.6 Å². The molecule has 0 unspecified atom stereocenters. The highest BCUT2D eigenvalue weighted by Gasteiger charge is 2.18. The predicted molar refractivity (Wildman–Crippen MR) is 71.0 cm³/mol. The van der Waals surface area contributed by atoms with E-state index in [1.54, 1.807) is 25.3 Å². The molecule has 0 atom stereocenters. The zero-order valence-corrected chi connectivity index (χ0v) is 11.5. The van der Waals surface area contributed by atoms with E-state index in [-0.39, 0.29) is 0 Å². The lowest BCUT2D eigenvalue weighted by Crippen LogP contribution is -2.06. The summed E-state index contributed by atoms with van der Waals surface area (Å²) < 4.78 is 4.94. The summed E-state index contributed by atoms with van der Waals surface area (Å²) in [4.78, 5) is 20.9. The van der Waals surface area contributed by atoms with Gasteiger partial charge in [0.25, 0.3) is 0 Å². The summed E-state index contributed by atoms with van der Waals surface area (Å²) in [6, 6.07) is 3.49. The van der Waals surface area contributed by atoms with Gasteiger partial charge in [-0.05, 0) is 26.0 Å². The van der Waals surface area contributed by atoms with Crippen LogP contribution in [0.2, 0.25) is 5.02 Å². The van der Waals surface area contributed by atoms with Gasteiger partial charge < -0.3 is 4.74 Å². The third-order valence-corrected chi connectivity index (χ3v) is 3.51. The molecular formula is C12H11ClN2O2S. The maximum absolute atomic E-state index is 11.7. The van der Waals surface area contributed by atoms with Gasteiger partial charge in [0.15, 0.2) is 5.69 Å². The molecule has 0 saturated heterocycles. The van der Waals surface area contributed by atoms with Crippen LogP contribution in [-0.4, -0.2) is 22.5 Å². The molecule has 0 N–H and O–H groups in total. The first kappa shape index (κ1) is 13.0. The molecule has 2 aromatic rings. The third kappa shape index (κ3) is 2.52. The van der Waals surface area contributed by atoms with E-state index in [4.69, 9.17) is 16.3 Å². The summed E-state index contributed by atoms with van der Waals surface area (Å²) >= 11 is 7.43. The summed E-state index contributed by atoms with van der Waals surface area (Å²) in [5, 5.41) is 1.14. The van der Waals surface area contributed by atoms with E-state index in [1.807, 2.05) is 6.92 Å². The van der Waals surface area contributed by atoms with Crippen LogP contribution in [0.25, 0.3) is 10.7 Å². The van der Waals surface area contributed by atoms with E-state index < -0.39 is 5.97 Å². The van der Waals surface area contributed by atoms with Crippen molar-refractivity contribution in [1.29, 1.82) is 0 Å². The van der Waals surface area contributed by atoms with Crippen molar-refractivity contribution >= 4 is 28.9 Å². The minimum Gasteiger partial charge on any atom is -0.461 e. The fourth-order valence-electron chi connectivity index (χ4n) is 1.43. The van der Waals surface area contributed by atoms with Crippen LogP contribution in [0.3, 0.4) is 0 Å². The monoisotopic (exact) mass is 282 g/mol. The van der Waals surface area contributed by atoms with Crippen molar-refractivity contribution < 1.29 is 9.53 Å². The molecule has 0 spiro atoms. The number of hydrogen-bond acceptors (Lipinski definition) is 5. The number of carbonyl (C=O) groups excluding carboxylic acids is 1. The number of carbonyl (C=O) groups is 1. The molecule has 4 nitrogen and oxygen atoms in total. The van der Waals surface area contributed by atoms with Crippen LogP contribution >= 0.6 is 22.9 Å². The number of pyridine rings is 1. The molecule has 0 saturated carbocycles. The van der Waals surface area contributed by atoms with E-state index in [2.05, 4.69) is 9.97 Å². The van der Waals surface area contributed by atoms with Crippen LogP contribution in [0.15, 0.2) is 18.3 Å². The predicted octanol–water partition coefficient (Wildman–Crippen LogP) is 3.34. The van der Waals surface area contributed by atoms with Gasteiger partial charge in [-0.3, -0.25) is 4.98 Å². The minimum atomic E-state index is -0.412. The average Bonchev–Trinajstić information content (AvgIpc) is 2.72. The molecule has 18 heavy (non-hydrogen) atoms. The first-order valence-electron chi connectivity index (χ1n) is 5.39. The number of ether oxygens (including phenoxy) is 1. The van der Waals surface area contributed by atoms with Crippen LogP contribution in [0.1, 0.15) is 22.3 Å². The van der Waals surface area contributed by atoms with E-state index in [9.17, 15) is 4.79 Å². The zero-order valence-electron chi connectivity index (χ0n) is 9.94. The molecule has 0 aromatic carbocycles. The lowest BCUT2D eigenvalue weighted by Gasteiger charge is -1.98. The highest BCUT2D eigenvalue weighted by Crippen LogP contribution is 2.30. The molecule has 0 bridgehead atoms. The molecule has 0 aliphatic carbocycles. The van der Waals surface area contributed by atoms with Crippen molar-refractivity contribution in [2.45, 2.75) is 13.8 Å². The quantitative estimate of drug-likeness (QED) is 0.810. The first-order chi connectivity index (χ1) is 8.63. The fraction of sp³-hybridized carbons (Fsp3) is 0.250. The van der Waals surface area contributed by atoms with Crippen LogP contribution in [0.5, 0.6) is 0 Å². The molecule has 6 heteroatoms. The summed E-state index contributed by atoms with van der Waals surface area (Å²) in [5.74, 6) is -0.412. The van der Waals surface area contributed by atoms with Crippen LogP contribution in [0.4, 0.5) is 0 Å². The van der Waals surface area contributed by atoms with E-state index >= 15 is 0 Å². The Hall–Kier alpha value is -1.46. The fourth-order valence-corrected chi connectivity index (χ4v) is 2.61. The van der Waals surface area contributed by atoms with Gasteiger partial charge in [-0.1, -0.05) is 11.6 Å². The van der Waals surface area contributed by atoms with Gasteiger partial charge in [0, 0.05) is 11.1 Å². The average molecular weight is 283 g/mol. The molecule has 2 aromatic heterocycles. The number of aryl methyl sites for hydroxylation is 1. The molecule has 0 radical (unpaired) electrons. The molecular weight excluding hydrogens is 272 g/mol. The molecule has 0 aliphatic rings. The number of aromatic nitrogens is 2. The van der Waals surface area contributed by atoms with Crippen molar-refractivity contribution in [2.75, 3.05) is 6.61 Å². The Balaban J connectivity index is 2.41. The highest BCUT2D eigenvalue weighted by atomic mass is 35.5. The number of nitrogens with zero attached hydrogens (tertiary/aromatic N) is 2. The third-order valence-electron chi connectivity index (χ3n) is 2.23. The van der Waals surface area contributed by atoms with Crippen molar-refractivity contribution in [1.82, 2.24) is 9.97 Å². The molecule has 0 amide bonds. The second-order valence-electron chi connectivity index (χ2n) is 3.48.